The van der Waals surface area contributed by atoms with Gasteiger partial charge >= 0.3 is 6.09 Å². The summed E-state index contributed by atoms with van der Waals surface area (Å²) in [5.74, 6) is 0.860. The maximum Gasteiger partial charge on any atom is 0.415 e. The van der Waals surface area contributed by atoms with E-state index in [9.17, 15) is 13.2 Å². The highest BCUT2D eigenvalue weighted by Crippen LogP contribution is 2.27. The molecule has 0 aliphatic carbocycles. The van der Waals surface area contributed by atoms with E-state index in [4.69, 9.17) is 21.1 Å². The van der Waals surface area contributed by atoms with Crippen molar-refractivity contribution in [2.45, 2.75) is 17.7 Å². The van der Waals surface area contributed by atoms with Gasteiger partial charge in [0.1, 0.15) is 16.4 Å². The van der Waals surface area contributed by atoms with Gasteiger partial charge in [0.2, 0.25) is 10.0 Å². The Kier molecular flexibility index (Phi) is 7.00. The third kappa shape index (κ3) is 5.62. The molecule has 0 radical (unpaired) electrons. The van der Waals surface area contributed by atoms with Crippen molar-refractivity contribution in [3.05, 3.63) is 53.6 Å². The quantitative estimate of drug-likeness (QED) is 0.745. The number of nitrogens with zero attached hydrogens (tertiary/aromatic N) is 1. The zero-order valence-corrected chi connectivity index (χ0v) is 17.6. The minimum Gasteiger partial charge on any atom is -0.495 e. The van der Waals surface area contributed by atoms with Crippen LogP contribution in [-0.2, 0) is 10.0 Å². The largest absolute Gasteiger partial charge is 0.495 e. The topological polar surface area (TPSA) is 84.9 Å². The fraction of sp³-hybridized carbons (Fsp3) is 0.350. The van der Waals surface area contributed by atoms with Crippen molar-refractivity contribution in [2.75, 3.05) is 26.7 Å². The lowest BCUT2D eigenvalue weighted by molar-refractivity contribution is 0.131. The molecule has 0 saturated carbocycles. The van der Waals surface area contributed by atoms with E-state index in [-0.39, 0.29) is 29.2 Å². The van der Waals surface area contributed by atoms with Crippen molar-refractivity contribution in [3.8, 4) is 11.5 Å². The zero-order valence-electron chi connectivity index (χ0n) is 16.0. The number of hydrogen-bond donors (Lipinski definition) is 1. The molecular formula is C20H23ClN2O5S. The molecule has 0 unspecified atom stereocenters. The zero-order chi connectivity index (χ0) is 20.9. The van der Waals surface area contributed by atoms with Gasteiger partial charge in [-0.2, -0.15) is 0 Å². The minimum atomic E-state index is -3.76. The third-order valence-electron chi connectivity index (χ3n) is 4.80. The molecule has 7 nitrogen and oxygen atoms in total. The molecule has 0 atom stereocenters. The van der Waals surface area contributed by atoms with Crippen molar-refractivity contribution in [2.24, 2.45) is 5.92 Å². The number of para-hydroxylation sites is 1. The molecule has 2 aromatic rings. The highest BCUT2D eigenvalue weighted by atomic mass is 35.5. The first kappa shape index (κ1) is 21.4. The average Bonchev–Trinajstić information content (AvgIpc) is 2.73. The van der Waals surface area contributed by atoms with Crippen LogP contribution in [0.1, 0.15) is 12.8 Å². The number of carbonyl (C=O) groups excluding carboxylic acids is 1. The summed E-state index contributed by atoms with van der Waals surface area (Å²) in [4.78, 5) is 13.9. The molecule has 0 spiro atoms. The number of carbonyl (C=O) groups is 1. The number of likely N-dealkylation sites (tertiary alicyclic amines) is 1. The summed E-state index contributed by atoms with van der Waals surface area (Å²) in [7, 11) is -2.35. The number of piperidine rings is 1. The Hall–Kier alpha value is -2.29. The summed E-state index contributed by atoms with van der Waals surface area (Å²) >= 11 is 5.94. The summed E-state index contributed by atoms with van der Waals surface area (Å²) in [6.45, 7) is 1.30. The fourth-order valence-corrected chi connectivity index (χ4v) is 4.69. The van der Waals surface area contributed by atoms with Crippen LogP contribution in [0.25, 0.3) is 0 Å². The van der Waals surface area contributed by atoms with Gasteiger partial charge in [-0.05, 0) is 49.1 Å². The molecule has 1 amide bonds. The summed E-state index contributed by atoms with van der Waals surface area (Å²) < 4.78 is 38.4. The number of benzene rings is 2. The van der Waals surface area contributed by atoms with E-state index in [0.717, 1.165) is 0 Å². The van der Waals surface area contributed by atoms with Crippen LogP contribution in [0.4, 0.5) is 4.79 Å². The van der Waals surface area contributed by atoms with Crippen LogP contribution in [0.15, 0.2) is 53.4 Å². The van der Waals surface area contributed by atoms with Crippen LogP contribution in [0, 0.1) is 5.92 Å². The number of nitrogens with one attached hydrogen (secondary N) is 1. The third-order valence-corrected chi connectivity index (χ3v) is 6.48. The Morgan fingerprint density at radius 3 is 2.52 bits per heavy atom. The molecular weight excluding hydrogens is 416 g/mol. The van der Waals surface area contributed by atoms with E-state index in [0.29, 0.717) is 36.7 Å². The minimum absolute atomic E-state index is 0.0105. The average molecular weight is 439 g/mol. The maximum absolute atomic E-state index is 12.6. The molecule has 1 saturated heterocycles. The van der Waals surface area contributed by atoms with Crippen molar-refractivity contribution >= 4 is 27.7 Å². The van der Waals surface area contributed by atoms with Crippen LogP contribution in [0.5, 0.6) is 11.5 Å². The normalized spacial score (nSPS) is 15.2. The predicted octanol–water partition coefficient (Wildman–Crippen LogP) is 3.54. The molecule has 156 valence electrons. The van der Waals surface area contributed by atoms with Crippen molar-refractivity contribution in [1.82, 2.24) is 9.62 Å². The van der Waals surface area contributed by atoms with Gasteiger partial charge in [-0.3, -0.25) is 0 Å². The number of rotatable bonds is 6. The lowest BCUT2D eigenvalue weighted by atomic mass is 9.97. The van der Waals surface area contributed by atoms with Crippen molar-refractivity contribution in [3.63, 3.8) is 0 Å². The Morgan fingerprint density at radius 2 is 1.86 bits per heavy atom. The van der Waals surface area contributed by atoms with E-state index in [1.807, 2.05) is 6.07 Å². The molecule has 1 aliphatic rings. The number of amides is 1. The van der Waals surface area contributed by atoms with Crippen molar-refractivity contribution in [1.29, 1.82) is 0 Å². The summed E-state index contributed by atoms with van der Waals surface area (Å²) in [6.07, 6.45) is 0.969. The van der Waals surface area contributed by atoms with Crippen LogP contribution in [-0.4, -0.2) is 46.2 Å². The number of sulfonamides is 1. The first-order valence-electron chi connectivity index (χ1n) is 9.24. The van der Waals surface area contributed by atoms with Crippen molar-refractivity contribution < 1.29 is 22.7 Å². The molecule has 0 bridgehead atoms. The molecule has 2 aromatic carbocycles. The van der Waals surface area contributed by atoms with Gasteiger partial charge in [0.15, 0.2) is 0 Å². The van der Waals surface area contributed by atoms with E-state index in [2.05, 4.69) is 4.72 Å². The lowest BCUT2D eigenvalue weighted by Gasteiger charge is -2.31. The summed E-state index contributed by atoms with van der Waals surface area (Å²) in [5, 5.41) is 0.316. The highest BCUT2D eigenvalue weighted by molar-refractivity contribution is 7.89. The SMILES string of the molecule is COc1ccc(Cl)cc1S(=O)(=O)NCC1CCN(C(=O)Oc2ccccc2)CC1. The molecule has 0 aromatic heterocycles. The second-order valence-corrected chi connectivity index (χ2v) is 8.93. The molecule has 1 N–H and O–H groups in total. The first-order valence-corrected chi connectivity index (χ1v) is 11.1. The van der Waals surface area contributed by atoms with E-state index >= 15 is 0 Å². The van der Waals surface area contributed by atoms with E-state index in [1.165, 1.54) is 19.2 Å². The van der Waals surface area contributed by atoms with E-state index < -0.39 is 10.0 Å². The van der Waals surface area contributed by atoms with Gasteiger partial charge in [-0.15, -0.1) is 0 Å². The van der Waals surface area contributed by atoms with Gasteiger partial charge < -0.3 is 14.4 Å². The standard InChI is InChI=1S/C20H23ClN2O5S/c1-27-18-8-7-16(21)13-19(18)29(25,26)22-14-15-9-11-23(12-10-15)20(24)28-17-5-3-2-4-6-17/h2-8,13,15,22H,9-12,14H2,1H3. The van der Waals surface area contributed by atoms with Gasteiger partial charge in [0.25, 0.3) is 0 Å². The Morgan fingerprint density at radius 1 is 1.17 bits per heavy atom. The second-order valence-electron chi connectivity index (χ2n) is 6.76. The van der Waals surface area contributed by atoms with Crippen LogP contribution < -0.4 is 14.2 Å². The highest BCUT2D eigenvalue weighted by Gasteiger charge is 2.26. The van der Waals surface area contributed by atoms with Crippen LogP contribution >= 0.6 is 11.6 Å². The van der Waals surface area contributed by atoms with Crippen LogP contribution in [0.3, 0.4) is 0 Å². The summed E-state index contributed by atoms with van der Waals surface area (Å²) in [5.41, 5.74) is 0. The molecule has 3 rings (SSSR count). The Labute approximate surface area is 175 Å². The lowest BCUT2D eigenvalue weighted by Crippen LogP contribution is -2.42. The second kappa shape index (κ2) is 9.47. The maximum atomic E-state index is 12.6. The number of ether oxygens (including phenoxy) is 2. The molecule has 1 heterocycles. The predicted molar refractivity (Wildman–Crippen MR) is 110 cm³/mol. The van der Waals surface area contributed by atoms with Gasteiger partial charge in [-0.1, -0.05) is 29.8 Å². The number of halogens is 1. The monoisotopic (exact) mass is 438 g/mol. The van der Waals surface area contributed by atoms with Crippen LogP contribution in [0.2, 0.25) is 5.02 Å². The Balaban J connectivity index is 1.52. The molecule has 1 fully saturated rings. The molecule has 9 heteroatoms. The molecule has 29 heavy (non-hydrogen) atoms. The smallest absolute Gasteiger partial charge is 0.415 e. The van der Waals surface area contributed by atoms with Gasteiger partial charge in [-0.25, -0.2) is 17.9 Å². The number of hydrogen-bond acceptors (Lipinski definition) is 5. The van der Waals surface area contributed by atoms with Gasteiger partial charge in [0.05, 0.1) is 7.11 Å². The summed E-state index contributed by atoms with van der Waals surface area (Å²) in [6, 6.07) is 13.4. The first-order chi connectivity index (χ1) is 13.9. The fourth-order valence-electron chi connectivity index (χ4n) is 3.14. The molecule has 1 aliphatic heterocycles. The van der Waals surface area contributed by atoms with E-state index in [1.54, 1.807) is 35.2 Å². The van der Waals surface area contributed by atoms with Gasteiger partial charge in [0, 0.05) is 24.7 Å². The Bertz CT molecular complexity index is 945. The number of methoxy groups -OCH3 is 1.